The molecule has 0 atom stereocenters. The van der Waals surface area contributed by atoms with Crippen LogP contribution in [0.25, 0.3) is 0 Å². The second-order valence-electron chi connectivity index (χ2n) is 5.33. The minimum absolute atomic E-state index is 0.708. The van der Waals surface area contributed by atoms with E-state index < -0.39 is 0 Å². The third-order valence-electron chi connectivity index (χ3n) is 3.87. The Balaban J connectivity index is 1.78. The summed E-state index contributed by atoms with van der Waals surface area (Å²) in [6.45, 7) is 2.38. The average Bonchev–Trinajstić information content (AvgIpc) is 2.42. The molecule has 2 heteroatoms. The molecule has 100 valence electrons. The van der Waals surface area contributed by atoms with Crippen LogP contribution in [0.3, 0.4) is 0 Å². The van der Waals surface area contributed by atoms with Gasteiger partial charge in [0.1, 0.15) is 0 Å². The van der Waals surface area contributed by atoms with E-state index in [0.717, 1.165) is 25.6 Å². The molecular formula is C16H25NO. The zero-order valence-corrected chi connectivity index (χ0v) is 11.2. The van der Waals surface area contributed by atoms with Crippen molar-refractivity contribution in [3.63, 3.8) is 0 Å². The number of hydrogen-bond donors (Lipinski definition) is 1. The molecule has 18 heavy (non-hydrogen) atoms. The molecule has 1 aliphatic rings. The smallest absolute Gasteiger partial charge is 0.0719 e. The van der Waals surface area contributed by atoms with Crippen LogP contribution in [0.15, 0.2) is 24.3 Å². The molecule has 2 rings (SSSR count). The second kappa shape index (κ2) is 7.55. The van der Waals surface area contributed by atoms with E-state index in [1.54, 1.807) is 0 Å². The molecule has 2 nitrogen and oxygen atoms in total. The van der Waals surface area contributed by atoms with E-state index in [1.807, 2.05) is 0 Å². The molecule has 1 saturated carbocycles. The molecule has 0 amide bonds. The SMILES string of the molecule is NCCc1ccccc1COCC1CCCCC1. The van der Waals surface area contributed by atoms with Crippen LogP contribution in [0.4, 0.5) is 0 Å². The summed E-state index contributed by atoms with van der Waals surface area (Å²) in [5.41, 5.74) is 8.28. The van der Waals surface area contributed by atoms with E-state index in [0.29, 0.717) is 6.54 Å². The van der Waals surface area contributed by atoms with Crippen molar-refractivity contribution in [1.29, 1.82) is 0 Å². The van der Waals surface area contributed by atoms with Crippen molar-refractivity contribution in [1.82, 2.24) is 0 Å². The minimum atomic E-state index is 0.708. The van der Waals surface area contributed by atoms with E-state index in [2.05, 4.69) is 24.3 Å². The van der Waals surface area contributed by atoms with Gasteiger partial charge in [-0.15, -0.1) is 0 Å². The zero-order chi connectivity index (χ0) is 12.6. The number of nitrogens with two attached hydrogens (primary N) is 1. The standard InChI is InChI=1S/C16H25NO/c17-11-10-15-8-4-5-9-16(15)13-18-12-14-6-2-1-3-7-14/h4-5,8-9,14H,1-3,6-7,10-13,17H2. The molecule has 2 N–H and O–H groups in total. The summed E-state index contributed by atoms with van der Waals surface area (Å²) in [5.74, 6) is 0.792. The van der Waals surface area contributed by atoms with Gasteiger partial charge in [-0.25, -0.2) is 0 Å². The highest BCUT2D eigenvalue weighted by molar-refractivity contribution is 5.26. The highest BCUT2D eigenvalue weighted by Crippen LogP contribution is 2.24. The summed E-state index contributed by atoms with van der Waals surface area (Å²) < 4.78 is 5.91. The van der Waals surface area contributed by atoms with E-state index in [9.17, 15) is 0 Å². The van der Waals surface area contributed by atoms with E-state index in [4.69, 9.17) is 10.5 Å². The maximum absolute atomic E-state index is 5.91. The quantitative estimate of drug-likeness (QED) is 0.837. The number of rotatable bonds is 6. The van der Waals surface area contributed by atoms with Crippen molar-refractivity contribution in [3.8, 4) is 0 Å². The molecule has 1 aliphatic carbocycles. The average molecular weight is 247 g/mol. The van der Waals surface area contributed by atoms with Crippen molar-refractivity contribution >= 4 is 0 Å². The predicted molar refractivity (Wildman–Crippen MR) is 75.4 cm³/mol. The fourth-order valence-electron chi connectivity index (χ4n) is 2.79. The van der Waals surface area contributed by atoms with Crippen molar-refractivity contribution in [2.75, 3.05) is 13.2 Å². The molecule has 0 aliphatic heterocycles. The lowest BCUT2D eigenvalue weighted by molar-refractivity contribution is 0.0735. The first-order valence-electron chi connectivity index (χ1n) is 7.24. The van der Waals surface area contributed by atoms with Gasteiger partial charge in [0.25, 0.3) is 0 Å². The van der Waals surface area contributed by atoms with Gasteiger partial charge in [-0.2, -0.15) is 0 Å². The van der Waals surface area contributed by atoms with E-state index in [-0.39, 0.29) is 0 Å². The molecule has 0 spiro atoms. The zero-order valence-electron chi connectivity index (χ0n) is 11.2. The number of ether oxygens (including phenoxy) is 1. The first-order valence-corrected chi connectivity index (χ1v) is 7.24. The third kappa shape index (κ3) is 4.11. The number of benzene rings is 1. The van der Waals surface area contributed by atoms with Crippen LogP contribution < -0.4 is 5.73 Å². The van der Waals surface area contributed by atoms with Gasteiger partial charge in [-0.3, -0.25) is 0 Å². The van der Waals surface area contributed by atoms with Crippen molar-refractivity contribution in [3.05, 3.63) is 35.4 Å². The Labute approximate surface area is 111 Å². The molecule has 0 bridgehead atoms. The molecule has 0 saturated heterocycles. The molecule has 0 unspecified atom stereocenters. The van der Waals surface area contributed by atoms with Crippen LogP contribution in [0.1, 0.15) is 43.2 Å². The summed E-state index contributed by atoms with van der Waals surface area (Å²) in [6.07, 6.45) is 7.84. The molecule has 0 aromatic heterocycles. The fraction of sp³-hybridized carbons (Fsp3) is 0.625. The van der Waals surface area contributed by atoms with Gasteiger partial charge in [0, 0.05) is 6.61 Å². The largest absolute Gasteiger partial charge is 0.376 e. The lowest BCUT2D eigenvalue weighted by atomic mass is 9.90. The lowest BCUT2D eigenvalue weighted by Gasteiger charge is -2.21. The molecule has 1 aromatic carbocycles. The van der Waals surface area contributed by atoms with Crippen LogP contribution in [0.5, 0.6) is 0 Å². The van der Waals surface area contributed by atoms with Gasteiger partial charge in [0.05, 0.1) is 6.61 Å². The maximum Gasteiger partial charge on any atom is 0.0719 e. The topological polar surface area (TPSA) is 35.2 Å². The summed E-state index contributed by atoms with van der Waals surface area (Å²) in [6, 6.07) is 8.48. The van der Waals surface area contributed by atoms with Crippen LogP contribution >= 0.6 is 0 Å². The molecule has 1 aromatic rings. The van der Waals surface area contributed by atoms with Gasteiger partial charge in [-0.05, 0) is 42.9 Å². The van der Waals surface area contributed by atoms with E-state index >= 15 is 0 Å². The Morgan fingerprint density at radius 3 is 2.50 bits per heavy atom. The van der Waals surface area contributed by atoms with Gasteiger partial charge in [0.2, 0.25) is 0 Å². The summed E-state index contributed by atoms with van der Waals surface area (Å²) in [4.78, 5) is 0. The Hall–Kier alpha value is -0.860. The molecule has 0 radical (unpaired) electrons. The normalized spacial score (nSPS) is 16.9. The van der Waals surface area contributed by atoms with Gasteiger partial charge in [-0.1, -0.05) is 43.5 Å². The summed E-state index contributed by atoms with van der Waals surface area (Å²) in [7, 11) is 0. The highest BCUT2D eigenvalue weighted by atomic mass is 16.5. The number of hydrogen-bond acceptors (Lipinski definition) is 2. The summed E-state index contributed by atoms with van der Waals surface area (Å²) >= 11 is 0. The summed E-state index contributed by atoms with van der Waals surface area (Å²) in [5, 5.41) is 0. The predicted octanol–water partition coefficient (Wildman–Crippen LogP) is 3.28. The van der Waals surface area contributed by atoms with E-state index in [1.165, 1.54) is 43.2 Å². The Morgan fingerprint density at radius 2 is 1.78 bits per heavy atom. The van der Waals surface area contributed by atoms with Crippen molar-refractivity contribution in [2.24, 2.45) is 11.7 Å². The van der Waals surface area contributed by atoms with Crippen LogP contribution in [0, 0.1) is 5.92 Å². The first kappa shape index (κ1) is 13.6. The third-order valence-corrected chi connectivity index (χ3v) is 3.87. The van der Waals surface area contributed by atoms with Crippen LogP contribution in [0.2, 0.25) is 0 Å². The monoisotopic (exact) mass is 247 g/mol. The lowest BCUT2D eigenvalue weighted by Crippen LogP contribution is -2.14. The maximum atomic E-state index is 5.91. The molecular weight excluding hydrogens is 222 g/mol. The fourth-order valence-corrected chi connectivity index (χ4v) is 2.79. The minimum Gasteiger partial charge on any atom is -0.376 e. The molecule has 0 heterocycles. The molecule has 1 fully saturated rings. The Bertz CT molecular complexity index is 345. The van der Waals surface area contributed by atoms with Gasteiger partial charge < -0.3 is 10.5 Å². The Kier molecular flexibility index (Phi) is 5.69. The van der Waals surface area contributed by atoms with Crippen LogP contribution in [-0.4, -0.2) is 13.2 Å². The Morgan fingerprint density at radius 1 is 1.06 bits per heavy atom. The van der Waals surface area contributed by atoms with Gasteiger partial charge >= 0.3 is 0 Å². The first-order chi connectivity index (χ1) is 8.90. The van der Waals surface area contributed by atoms with Gasteiger partial charge in [0.15, 0.2) is 0 Å². The second-order valence-corrected chi connectivity index (χ2v) is 5.33. The van der Waals surface area contributed by atoms with Crippen molar-refractivity contribution in [2.45, 2.75) is 45.1 Å². The van der Waals surface area contributed by atoms with Crippen LogP contribution in [-0.2, 0) is 17.8 Å². The highest BCUT2D eigenvalue weighted by Gasteiger charge is 2.13. The van der Waals surface area contributed by atoms with Crippen molar-refractivity contribution < 1.29 is 4.74 Å².